The van der Waals surface area contributed by atoms with Crippen molar-refractivity contribution in [2.24, 2.45) is 11.8 Å². The molecule has 1 aromatic rings. The first kappa shape index (κ1) is 19.7. The maximum atomic E-state index is 6.05. The van der Waals surface area contributed by atoms with E-state index in [0.717, 1.165) is 30.6 Å². The van der Waals surface area contributed by atoms with Crippen LogP contribution in [-0.2, 0) is 11.2 Å². The highest BCUT2D eigenvalue weighted by molar-refractivity contribution is 5.33. The highest BCUT2D eigenvalue weighted by atomic mass is 16.5. The summed E-state index contributed by atoms with van der Waals surface area (Å²) in [5.41, 5.74) is 1.36. The van der Waals surface area contributed by atoms with Crippen LogP contribution in [0.3, 0.4) is 0 Å². The second-order valence-electron chi connectivity index (χ2n) is 8.62. The van der Waals surface area contributed by atoms with Gasteiger partial charge in [0, 0.05) is 0 Å². The molecule has 0 aromatic heterocycles. The van der Waals surface area contributed by atoms with Crippen molar-refractivity contribution in [3.8, 4) is 5.75 Å². The van der Waals surface area contributed by atoms with Crippen molar-refractivity contribution < 1.29 is 9.47 Å². The molecule has 0 heterocycles. The summed E-state index contributed by atoms with van der Waals surface area (Å²) in [4.78, 5) is 0. The number of benzene rings is 1. The van der Waals surface area contributed by atoms with E-state index in [-0.39, 0.29) is 0 Å². The summed E-state index contributed by atoms with van der Waals surface area (Å²) in [6.07, 6.45) is 16.7. The lowest BCUT2D eigenvalue weighted by atomic mass is 9.82. The SMILES string of the molecule is CC(CCc1ccccc1OCCOC1CCCC1)CC1CCCCC1. The van der Waals surface area contributed by atoms with Crippen LogP contribution in [-0.4, -0.2) is 19.3 Å². The molecule has 2 aliphatic carbocycles. The van der Waals surface area contributed by atoms with E-state index in [0.29, 0.717) is 12.7 Å². The van der Waals surface area contributed by atoms with Gasteiger partial charge in [-0.3, -0.25) is 0 Å². The predicted octanol–water partition coefficient (Wildman–Crippen LogP) is 6.56. The van der Waals surface area contributed by atoms with Crippen LogP contribution < -0.4 is 4.74 Å². The van der Waals surface area contributed by atoms with Crippen molar-refractivity contribution in [2.75, 3.05) is 13.2 Å². The summed E-state index contributed by atoms with van der Waals surface area (Å²) in [6.45, 7) is 3.83. The van der Waals surface area contributed by atoms with Gasteiger partial charge in [-0.1, -0.05) is 70.1 Å². The molecule has 0 amide bonds. The van der Waals surface area contributed by atoms with E-state index in [4.69, 9.17) is 9.47 Å². The Bertz CT molecular complexity index is 501. The van der Waals surface area contributed by atoms with E-state index in [1.165, 1.54) is 76.2 Å². The first-order chi connectivity index (χ1) is 12.8. The Morgan fingerprint density at radius 2 is 1.65 bits per heavy atom. The van der Waals surface area contributed by atoms with E-state index in [9.17, 15) is 0 Å². The topological polar surface area (TPSA) is 18.5 Å². The second-order valence-corrected chi connectivity index (χ2v) is 8.62. The molecule has 0 saturated heterocycles. The Hall–Kier alpha value is -1.02. The Balaban J connectivity index is 1.38. The third kappa shape index (κ3) is 6.61. The van der Waals surface area contributed by atoms with Crippen molar-refractivity contribution in [3.63, 3.8) is 0 Å². The molecule has 0 bridgehead atoms. The molecule has 2 saturated carbocycles. The zero-order valence-electron chi connectivity index (χ0n) is 16.8. The summed E-state index contributed by atoms with van der Waals surface area (Å²) in [6, 6.07) is 8.59. The molecule has 2 heteroatoms. The van der Waals surface area contributed by atoms with Gasteiger partial charge >= 0.3 is 0 Å². The van der Waals surface area contributed by atoms with Crippen LogP contribution in [0.1, 0.15) is 83.1 Å². The molecule has 0 spiro atoms. The molecule has 2 fully saturated rings. The fourth-order valence-corrected chi connectivity index (χ4v) is 4.78. The van der Waals surface area contributed by atoms with Gasteiger partial charge in [-0.2, -0.15) is 0 Å². The summed E-state index contributed by atoms with van der Waals surface area (Å²) in [5, 5.41) is 0. The molecule has 0 N–H and O–H groups in total. The van der Waals surface area contributed by atoms with Gasteiger partial charge in [0.15, 0.2) is 0 Å². The highest BCUT2D eigenvalue weighted by Gasteiger charge is 2.17. The van der Waals surface area contributed by atoms with Crippen molar-refractivity contribution in [1.82, 2.24) is 0 Å². The van der Waals surface area contributed by atoms with E-state index in [1.807, 2.05) is 0 Å². The van der Waals surface area contributed by atoms with Gasteiger partial charge in [0.25, 0.3) is 0 Å². The van der Waals surface area contributed by atoms with E-state index in [2.05, 4.69) is 31.2 Å². The van der Waals surface area contributed by atoms with Gasteiger partial charge in [0.05, 0.1) is 12.7 Å². The number of para-hydroxylation sites is 1. The molecule has 2 nitrogen and oxygen atoms in total. The lowest BCUT2D eigenvalue weighted by Crippen LogP contribution is -2.14. The van der Waals surface area contributed by atoms with Crippen molar-refractivity contribution in [2.45, 2.75) is 90.1 Å². The molecular weight excluding hydrogens is 320 g/mol. The van der Waals surface area contributed by atoms with Crippen molar-refractivity contribution >= 4 is 0 Å². The Labute approximate surface area is 160 Å². The monoisotopic (exact) mass is 358 g/mol. The summed E-state index contributed by atoms with van der Waals surface area (Å²) >= 11 is 0. The molecule has 2 aliphatic rings. The van der Waals surface area contributed by atoms with Gasteiger partial charge in [-0.25, -0.2) is 0 Å². The number of hydrogen-bond donors (Lipinski definition) is 0. The van der Waals surface area contributed by atoms with E-state index < -0.39 is 0 Å². The fraction of sp³-hybridized carbons (Fsp3) is 0.750. The van der Waals surface area contributed by atoms with Crippen LogP contribution in [0.5, 0.6) is 5.75 Å². The number of hydrogen-bond acceptors (Lipinski definition) is 2. The molecule has 0 aliphatic heterocycles. The van der Waals surface area contributed by atoms with Gasteiger partial charge in [0.1, 0.15) is 12.4 Å². The molecule has 146 valence electrons. The third-order valence-electron chi connectivity index (χ3n) is 6.34. The second kappa shape index (κ2) is 11.0. The van der Waals surface area contributed by atoms with E-state index in [1.54, 1.807) is 0 Å². The molecule has 1 aromatic carbocycles. The number of ether oxygens (including phenoxy) is 2. The molecule has 1 unspecified atom stereocenters. The van der Waals surface area contributed by atoms with Crippen LogP contribution in [0.2, 0.25) is 0 Å². The maximum absolute atomic E-state index is 6.05. The van der Waals surface area contributed by atoms with Gasteiger partial charge in [-0.15, -0.1) is 0 Å². The minimum absolute atomic E-state index is 0.481. The predicted molar refractivity (Wildman–Crippen MR) is 109 cm³/mol. The first-order valence-corrected chi connectivity index (χ1v) is 11.1. The lowest BCUT2D eigenvalue weighted by Gasteiger charge is -2.24. The Morgan fingerprint density at radius 1 is 0.923 bits per heavy atom. The summed E-state index contributed by atoms with van der Waals surface area (Å²) in [7, 11) is 0. The third-order valence-corrected chi connectivity index (χ3v) is 6.34. The minimum Gasteiger partial charge on any atom is -0.491 e. The Morgan fingerprint density at radius 3 is 2.46 bits per heavy atom. The average Bonchev–Trinajstić information content (AvgIpc) is 3.19. The minimum atomic E-state index is 0.481. The van der Waals surface area contributed by atoms with Crippen LogP contribution in [0.4, 0.5) is 0 Å². The average molecular weight is 359 g/mol. The van der Waals surface area contributed by atoms with Crippen LogP contribution in [0.25, 0.3) is 0 Å². The van der Waals surface area contributed by atoms with Crippen molar-refractivity contribution in [1.29, 1.82) is 0 Å². The lowest BCUT2D eigenvalue weighted by molar-refractivity contribution is 0.0380. The smallest absolute Gasteiger partial charge is 0.122 e. The molecule has 26 heavy (non-hydrogen) atoms. The number of aryl methyl sites for hydroxylation is 1. The summed E-state index contributed by atoms with van der Waals surface area (Å²) < 4.78 is 12.0. The number of rotatable bonds is 10. The molecule has 0 radical (unpaired) electrons. The van der Waals surface area contributed by atoms with Gasteiger partial charge in [0.2, 0.25) is 0 Å². The summed E-state index contributed by atoms with van der Waals surface area (Å²) in [5.74, 6) is 2.86. The van der Waals surface area contributed by atoms with Crippen LogP contribution in [0.15, 0.2) is 24.3 Å². The zero-order chi connectivity index (χ0) is 18.0. The molecular formula is C24H38O2. The van der Waals surface area contributed by atoms with Crippen LogP contribution in [0, 0.1) is 11.8 Å². The quantitative estimate of drug-likeness (QED) is 0.441. The highest BCUT2D eigenvalue weighted by Crippen LogP contribution is 2.31. The first-order valence-electron chi connectivity index (χ1n) is 11.1. The van der Waals surface area contributed by atoms with Gasteiger partial charge in [-0.05, 0) is 55.6 Å². The van der Waals surface area contributed by atoms with E-state index >= 15 is 0 Å². The standard InChI is InChI=1S/C24H38O2/c1-20(19-21-9-3-2-4-10-21)15-16-22-11-5-8-14-24(22)26-18-17-25-23-12-6-7-13-23/h5,8,11,14,20-21,23H,2-4,6-7,9-10,12-13,15-19H2,1H3. The fourth-order valence-electron chi connectivity index (χ4n) is 4.78. The normalized spacial score (nSPS) is 20.3. The molecule has 1 atom stereocenters. The van der Waals surface area contributed by atoms with Crippen molar-refractivity contribution in [3.05, 3.63) is 29.8 Å². The van der Waals surface area contributed by atoms with Gasteiger partial charge < -0.3 is 9.47 Å². The zero-order valence-corrected chi connectivity index (χ0v) is 16.8. The largest absolute Gasteiger partial charge is 0.491 e. The molecule has 3 rings (SSSR count). The maximum Gasteiger partial charge on any atom is 0.122 e. The van der Waals surface area contributed by atoms with Crippen LogP contribution >= 0.6 is 0 Å². The Kier molecular flexibility index (Phi) is 8.32.